The fourth-order valence-electron chi connectivity index (χ4n) is 1.02. The maximum absolute atomic E-state index is 10.5. The molecule has 1 aromatic carbocycles. The molecule has 0 aliphatic heterocycles. The Morgan fingerprint density at radius 2 is 1.50 bits per heavy atom. The summed E-state index contributed by atoms with van der Waals surface area (Å²) in [6, 6.07) is 11.7. The van der Waals surface area contributed by atoms with Crippen molar-refractivity contribution >= 4 is 10.1 Å². The quantitative estimate of drug-likeness (QED) is 0.648. The summed E-state index contributed by atoms with van der Waals surface area (Å²) in [6.07, 6.45) is 3.50. The van der Waals surface area contributed by atoms with Crippen LogP contribution in [0.15, 0.2) is 59.8 Å². The molecule has 1 N–H and O–H groups in total. The van der Waals surface area contributed by atoms with Crippen LogP contribution in [0.1, 0.15) is 5.56 Å². The minimum atomic E-state index is -4.02. The second kappa shape index (κ2) is 8.00. The standard InChI is InChI=1S/C7H8O3S.C5H5N.Fe/c1-6-2-4-7(5-3-6)11(8,9)10;1-2-4-6-5-3-1;/h2-5H,1H3,(H,8,9,10);1-5H;. The minimum Gasteiger partial charge on any atom is -0.282 e. The molecular formula is C12H13FeNO3S. The van der Waals surface area contributed by atoms with Gasteiger partial charge in [-0.15, -0.1) is 0 Å². The number of hydrogen-bond acceptors (Lipinski definition) is 3. The Balaban J connectivity index is 0.000000352. The van der Waals surface area contributed by atoms with Crippen LogP contribution >= 0.6 is 0 Å². The summed E-state index contributed by atoms with van der Waals surface area (Å²) in [5.74, 6) is 0. The van der Waals surface area contributed by atoms with Crippen molar-refractivity contribution in [3.05, 3.63) is 60.4 Å². The SMILES string of the molecule is Cc1ccc(S(=O)(=O)O)cc1.[Fe].c1ccncc1. The Bertz CT molecular complexity index is 515. The van der Waals surface area contributed by atoms with E-state index < -0.39 is 10.1 Å². The van der Waals surface area contributed by atoms with Gasteiger partial charge in [0.05, 0.1) is 4.90 Å². The van der Waals surface area contributed by atoms with E-state index in [1.807, 2.05) is 25.1 Å². The van der Waals surface area contributed by atoms with Gasteiger partial charge in [-0.1, -0.05) is 23.8 Å². The van der Waals surface area contributed by atoms with Crippen molar-refractivity contribution in [3.8, 4) is 0 Å². The molecular weight excluding hydrogens is 294 g/mol. The van der Waals surface area contributed by atoms with Gasteiger partial charge in [0.25, 0.3) is 10.1 Å². The zero-order valence-electron chi connectivity index (χ0n) is 9.67. The second-order valence-electron chi connectivity index (χ2n) is 3.31. The van der Waals surface area contributed by atoms with Gasteiger partial charge < -0.3 is 0 Å². The Morgan fingerprint density at radius 1 is 1.00 bits per heavy atom. The molecule has 0 unspecified atom stereocenters. The number of hydrogen-bond donors (Lipinski definition) is 1. The second-order valence-corrected chi connectivity index (χ2v) is 4.73. The van der Waals surface area contributed by atoms with E-state index in [1.165, 1.54) is 12.1 Å². The van der Waals surface area contributed by atoms with Crippen molar-refractivity contribution in [2.75, 3.05) is 0 Å². The molecule has 18 heavy (non-hydrogen) atoms. The maximum Gasteiger partial charge on any atom is 0.294 e. The molecule has 4 nitrogen and oxygen atoms in total. The molecule has 0 saturated carbocycles. The van der Waals surface area contributed by atoms with Gasteiger partial charge in [-0.3, -0.25) is 9.54 Å². The van der Waals surface area contributed by atoms with E-state index in [2.05, 4.69) is 4.98 Å². The summed E-state index contributed by atoms with van der Waals surface area (Å²) >= 11 is 0. The van der Waals surface area contributed by atoms with Gasteiger partial charge in [0.2, 0.25) is 0 Å². The third-order valence-corrected chi connectivity index (χ3v) is 2.75. The minimum absolute atomic E-state index is 0. The average Bonchev–Trinajstić information content (AvgIpc) is 2.31. The van der Waals surface area contributed by atoms with Gasteiger partial charge in [0, 0.05) is 29.5 Å². The van der Waals surface area contributed by atoms with E-state index in [9.17, 15) is 8.42 Å². The molecule has 0 radical (unpaired) electrons. The molecule has 6 heteroatoms. The number of aryl methyl sites for hydroxylation is 1. The predicted octanol–water partition coefficient (Wildman–Crippen LogP) is 2.32. The van der Waals surface area contributed by atoms with Gasteiger partial charge in [0.1, 0.15) is 0 Å². The summed E-state index contributed by atoms with van der Waals surface area (Å²) < 4.78 is 29.6. The van der Waals surface area contributed by atoms with E-state index in [1.54, 1.807) is 24.5 Å². The molecule has 0 bridgehead atoms. The summed E-state index contributed by atoms with van der Waals surface area (Å²) in [5, 5.41) is 0. The van der Waals surface area contributed by atoms with E-state index in [-0.39, 0.29) is 22.0 Å². The van der Waals surface area contributed by atoms with E-state index >= 15 is 0 Å². The molecule has 0 atom stereocenters. The molecule has 2 aromatic rings. The smallest absolute Gasteiger partial charge is 0.282 e. The van der Waals surface area contributed by atoms with Crippen LogP contribution in [0.3, 0.4) is 0 Å². The Hall–Kier alpha value is -1.20. The Labute approximate surface area is 117 Å². The molecule has 0 amide bonds. The third kappa shape index (κ3) is 6.51. The van der Waals surface area contributed by atoms with E-state index in [4.69, 9.17) is 4.55 Å². The molecule has 2 rings (SSSR count). The van der Waals surface area contributed by atoms with Crippen LogP contribution < -0.4 is 0 Å². The van der Waals surface area contributed by atoms with Crippen molar-refractivity contribution in [1.29, 1.82) is 0 Å². The van der Waals surface area contributed by atoms with Gasteiger partial charge in [0.15, 0.2) is 0 Å². The van der Waals surface area contributed by atoms with Gasteiger partial charge in [-0.25, -0.2) is 0 Å². The number of nitrogens with zero attached hydrogens (tertiary/aromatic N) is 1. The Morgan fingerprint density at radius 3 is 1.78 bits per heavy atom. The molecule has 0 fully saturated rings. The Kier molecular flexibility index (Phi) is 7.47. The predicted molar refractivity (Wildman–Crippen MR) is 65.2 cm³/mol. The zero-order chi connectivity index (χ0) is 12.7. The average molecular weight is 307 g/mol. The summed E-state index contributed by atoms with van der Waals surface area (Å²) in [7, 11) is -4.02. The number of rotatable bonds is 1. The number of pyridine rings is 1. The first kappa shape index (κ1) is 16.8. The molecule has 0 aliphatic carbocycles. The topological polar surface area (TPSA) is 67.3 Å². The molecule has 0 aliphatic rings. The van der Waals surface area contributed by atoms with Crippen molar-refractivity contribution in [1.82, 2.24) is 4.98 Å². The fourth-order valence-corrected chi connectivity index (χ4v) is 1.50. The van der Waals surface area contributed by atoms with Crippen LogP contribution in [0.5, 0.6) is 0 Å². The van der Waals surface area contributed by atoms with Crippen LogP contribution in [0.2, 0.25) is 0 Å². The van der Waals surface area contributed by atoms with E-state index in [0.717, 1.165) is 5.56 Å². The first-order valence-electron chi connectivity index (χ1n) is 4.89. The van der Waals surface area contributed by atoms with Gasteiger partial charge >= 0.3 is 0 Å². The van der Waals surface area contributed by atoms with Crippen LogP contribution in [-0.4, -0.2) is 18.0 Å². The first-order chi connectivity index (χ1) is 8.00. The van der Waals surface area contributed by atoms with Crippen LogP contribution in [0, 0.1) is 6.92 Å². The van der Waals surface area contributed by atoms with Crippen molar-refractivity contribution in [2.45, 2.75) is 11.8 Å². The first-order valence-corrected chi connectivity index (χ1v) is 6.33. The fraction of sp³-hybridized carbons (Fsp3) is 0.0833. The molecule has 98 valence electrons. The summed E-state index contributed by atoms with van der Waals surface area (Å²) in [4.78, 5) is 3.72. The van der Waals surface area contributed by atoms with Gasteiger partial charge in [-0.05, 0) is 31.2 Å². The van der Waals surface area contributed by atoms with Crippen molar-refractivity contribution in [2.24, 2.45) is 0 Å². The maximum atomic E-state index is 10.5. The largest absolute Gasteiger partial charge is 0.294 e. The zero-order valence-corrected chi connectivity index (χ0v) is 11.6. The monoisotopic (exact) mass is 307 g/mol. The third-order valence-electron chi connectivity index (χ3n) is 1.89. The number of aromatic nitrogens is 1. The van der Waals surface area contributed by atoms with Crippen LogP contribution in [-0.2, 0) is 27.2 Å². The van der Waals surface area contributed by atoms with Crippen LogP contribution in [0.4, 0.5) is 0 Å². The van der Waals surface area contributed by atoms with Crippen LogP contribution in [0.25, 0.3) is 0 Å². The molecule has 0 saturated heterocycles. The molecule has 1 heterocycles. The van der Waals surface area contributed by atoms with E-state index in [0.29, 0.717) is 0 Å². The molecule has 0 spiro atoms. The normalized spacial score (nSPS) is 9.67. The number of benzene rings is 1. The molecule has 1 aromatic heterocycles. The van der Waals surface area contributed by atoms with Crippen molar-refractivity contribution in [3.63, 3.8) is 0 Å². The van der Waals surface area contributed by atoms with Crippen molar-refractivity contribution < 1.29 is 30.0 Å². The van der Waals surface area contributed by atoms with Gasteiger partial charge in [-0.2, -0.15) is 8.42 Å². The summed E-state index contributed by atoms with van der Waals surface area (Å²) in [6.45, 7) is 1.84. The summed E-state index contributed by atoms with van der Waals surface area (Å²) in [5.41, 5.74) is 0.956.